The van der Waals surface area contributed by atoms with Gasteiger partial charge in [-0.3, -0.25) is 4.79 Å². The molecular weight excluding hydrogens is 322 g/mol. The molecule has 1 atom stereocenters. The zero-order valence-electron chi connectivity index (χ0n) is 13.6. The summed E-state index contributed by atoms with van der Waals surface area (Å²) in [6.45, 7) is 2.52. The lowest BCUT2D eigenvalue weighted by Crippen LogP contribution is -2.49. The second-order valence-electron chi connectivity index (χ2n) is 5.58. The Bertz CT molecular complexity index is 604. The van der Waals surface area contributed by atoms with Crippen LogP contribution in [0.15, 0.2) is 18.2 Å². The van der Waals surface area contributed by atoms with E-state index >= 15 is 0 Å². The first-order chi connectivity index (χ1) is 11.4. The Hall–Kier alpha value is -2.38. The smallest absolute Gasteiger partial charge is 0.409 e. The lowest BCUT2D eigenvalue weighted by molar-refractivity contribution is -0.128. The van der Waals surface area contributed by atoms with Gasteiger partial charge in [0.15, 0.2) is 17.7 Å². The van der Waals surface area contributed by atoms with E-state index in [1.54, 1.807) is 4.90 Å². The summed E-state index contributed by atoms with van der Waals surface area (Å²) >= 11 is 0. The quantitative estimate of drug-likeness (QED) is 0.910. The molecule has 8 heteroatoms. The molecule has 24 heavy (non-hydrogen) atoms. The van der Waals surface area contributed by atoms with E-state index in [0.717, 1.165) is 12.1 Å². The number of amides is 2. The van der Waals surface area contributed by atoms with Crippen LogP contribution in [0.3, 0.4) is 0 Å². The number of hydrogen-bond donors (Lipinski definition) is 1. The molecular formula is C16H20F2N2O4. The molecule has 0 aliphatic carbocycles. The van der Waals surface area contributed by atoms with Gasteiger partial charge in [-0.1, -0.05) is 0 Å². The summed E-state index contributed by atoms with van der Waals surface area (Å²) in [4.78, 5) is 25.1. The molecule has 1 heterocycles. The predicted octanol–water partition coefficient (Wildman–Crippen LogP) is 2.08. The zero-order chi connectivity index (χ0) is 17.7. The molecule has 1 saturated heterocycles. The standard InChI is InChI=1S/C16H20F2N2O4/c1-10(24-12-3-4-13(17)14(18)9-12)15(21)19-11-5-7-20(8-6-11)16(22)23-2/h3-4,9-11H,5-8H2,1-2H3,(H,19,21)/t10-/m1/s1. The first-order valence-electron chi connectivity index (χ1n) is 7.65. The third-order valence-corrected chi connectivity index (χ3v) is 3.85. The first kappa shape index (κ1) is 18.0. The van der Waals surface area contributed by atoms with Gasteiger partial charge in [0, 0.05) is 25.2 Å². The normalized spacial score (nSPS) is 16.4. The zero-order valence-corrected chi connectivity index (χ0v) is 13.6. The minimum atomic E-state index is -1.03. The van der Waals surface area contributed by atoms with Crippen LogP contribution in [-0.2, 0) is 9.53 Å². The fourth-order valence-electron chi connectivity index (χ4n) is 2.46. The molecule has 0 bridgehead atoms. The van der Waals surface area contributed by atoms with Crippen molar-refractivity contribution in [2.75, 3.05) is 20.2 Å². The summed E-state index contributed by atoms with van der Waals surface area (Å²) in [6.07, 6.45) is -0.0133. The number of carbonyl (C=O) groups excluding carboxylic acids is 2. The summed E-state index contributed by atoms with van der Waals surface area (Å²) in [5, 5.41) is 2.83. The number of hydrogen-bond acceptors (Lipinski definition) is 4. The van der Waals surface area contributed by atoms with Gasteiger partial charge in [-0.25, -0.2) is 13.6 Å². The number of piperidine rings is 1. The molecule has 1 aliphatic rings. The van der Waals surface area contributed by atoms with E-state index in [0.29, 0.717) is 25.9 Å². The van der Waals surface area contributed by atoms with Crippen molar-refractivity contribution in [3.05, 3.63) is 29.8 Å². The largest absolute Gasteiger partial charge is 0.481 e. The highest BCUT2D eigenvalue weighted by atomic mass is 19.2. The van der Waals surface area contributed by atoms with Crippen LogP contribution in [0.2, 0.25) is 0 Å². The number of halogens is 2. The van der Waals surface area contributed by atoms with Crippen LogP contribution in [0, 0.1) is 11.6 Å². The van der Waals surface area contributed by atoms with Crippen molar-refractivity contribution in [2.45, 2.75) is 31.9 Å². The molecule has 1 aromatic rings. The first-order valence-corrected chi connectivity index (χ1v) is 7.65. The van der Waals surface area contributed by atoms with Gasteiger partial charge < -0.3 is 19.7 Å². The van der Waals surface area contributed by atoms with E-state index in [4.69, 9.17) is 4.74 Å². The number of nitrogens with zero attached hydrogens (tertiary/aromatic N) is 1. The van der Waals surface area contributed by atoms with Crippen LogP contribution >= 0.6 is 0 Å². The van der Waals surface area contributed by atoms with Crippen LogP contribution in [0.4, 0.5) is 13.6 Å². The van der Waals surface area contributed by atoms with Crippen molar-refractivity contribution in [3.63, 3.8) is 0 Å². The summed E-state index contributed by atoms with van der Waals surface area (Å²) in [5.74, 6) is -2.28. The number of ether oxygens (including phenoxy) is 2. The molecule has 2 amide bonds. The number of methoxy groups -OCH3 is 1. The molecule has 0 saturated carbocycles. The van der Waals surface area contributed by atoms with E-state index in [9.17, 15) is 18.4 Å². The summed E-state index contributed by atoms with van der Waals surface area (Å²) in [7, 11) is 1.33. The third kappa shape index (κ3) is 4.56. The van der Waals surface area contributed by atoms with Gasteiger partial charge in [-0.15, -0.1) is 0 Å². The fraction of sp³-hybridized carbons (Fsp3) is 0.500. The van der Waals surface area contributed by atoms with Gasteiger partial charge in [-0.05, 0) is 31.9 Å². The number of likely N-dealkylation sites (tertiary alicyclic amines) is 1. The number of rotatable bonds is 4. The average molecular weight is 342 g/mol. The molecule has 0 radical (unpaired) electrons. The van der Waals surface area contributed by atoms with Crippen LogP contribution in [0.1, 0.15) is 19.8 Å². The molecule has 0 aromatic heterocycles. The topological polar surface area (TPSA) is 67.9 Å². The number of nitrogens with one attached hydrogen (secondary N) is 1. The second-order valence-corrected chi connectivity index (χ2v) is 5.58. The Morgan fingerprint density at radius 1 is 1.25 bits per heavy atom. The molecule has 0 spiro atoms. The van der Waals surface area contributed by atoms with Crippen LogP contribution < -0.4 is 10.1 Å². The number of carbonyl (C=O) groups is 2. The summed E-state index contributed by atoms with van der Waals surface area (Å²) in [6, 6.07) is 3.03. The van der Waals surface area contributed by atoms with Crippen LogP contribution in [0.25, 0.3) is 0 Å². The van der Waals surface area contributed by atoms with Crippen molar-refractivity contribution in [3.8, 4) is 5.75 Å². The van der Waals surface area contributed by atoms with E-state index in [-0.39, 0.29) is 23.8 Å². The second kappa shape index (κ2) is 7.94. The van der Waals surface area contributed by atoms with Crippen molar-refractivity contribution in [1.29, 1.82) is 0 Å². The van der Waals surface area contributed by atoms with Crippen molar-refractivity contribution in [1.82, 2.24) is 10.2 Å². The monoisotopic (exact) mass is 342 g/mol. The highest BCUT2D eigenvalue weighted by Crippen LogP contribution is 2.17. The number of benzene rings is 1. The van der Waals surface area contributed by atoms with E-state index in [1.165, 1.54) is 20.1 Å². The maximum Gasteiger partial charge on any atom is 0.409 e. The highest BCUT2D eigenvalue weighted by Gasteiger charge is 2.26. The van der Waals surface area contributed by atoms with Gasteiger partial charge in [0.2, 0.25) is 0 Å². The molecule has 6 nitrogen and oxygen atoms in total. The SMILES string of the molecule is COC(=O)N1CCC(NC(=O)[C@@H](C)Oc2ccc(F)c(F)c2)CC1. The minimum Gasteiger partial charge on any atom is -0.481 e. The molecule has 1 N–H and O–H groups in total. The van der Waals surface area contributed by atoms with Crippen molar-refractivity contribution in [2.24, 2.45) is 0 Å². The van der Waals surface area contributed by atoms with Crippen LogP contribution in [0.5, 0.6) is 5.75 Å². The summed E-state index contributed by atoms with van der Waals surface area (Å²) < 4.78 is 36.0. The van der Waals surface area contributed by atoms with Gasteiger partial charge in [0.1, 0.15) is 5.75 Å². The van der Waals surface area contributed by atoms with Crippen molar-refractivity contribution >= 4 is 12.0 Å². The Balaban J connectivity index is 1.82. The van der Waals surface area contributed by atoms with Gasteiger partial charge in [-0.2, -0.15) is 0 Å². The molecule has 2 rings (SSSR count). The Morgan fingerprint density at radius 3 is 2.50 bits per heavy atom. The molecule has 132 valence electrons. The maximum absolute atomic E-state index is 13.1. The van der Waals surface area contributed by atoms with Gasteiger partial charge >= 0.3 is 6.09 Å². The lowest BCUT2D eigenvalue weighted by atomic mass is 10.1. The lowest BCUT2D eigenvalue weighted by Gasteiger charge is -2.31. The van der Waals surface area contributed by atoms with Gasteiger partial charge in [0.25, 0.3) is 5.91 Å². The van der Waals surface area contributed by atoms with Crippen LogP contribution in [-0.4, -0.2) is 49.2 Å². The molecule has 1 fully saturated rings. The van der Waals surface area contributed by atoms with E-state index in [2.05, 4.69) is 10.1 Å². The van der Waals surface area contributed by atoms with Crippen molar-refractivity contribution < 1.29 is 27.8 Å². The maximum atomic E-state index is 13.1. The Morgan fingerprint density at radius 2 is 1.92 bits per heavy atom. The summed E-state index contributed by atoms with van der Waals surface area (Å²) in [5.41, 5.74) is 0. The molecule has 1 aliphatic heterocycles. The van der Waals surface area contributed by atoms with Gasteiger partial charge in [0.05, 0.1) is 7.11 Å². The third-order valence-electron chi connectivity index (χ3n) is 3.85. The average Bonchev–Trinajstić information content (AvgIpc) is 2.58. The van der Waals surface area contributed by atoms with E-state index < -0.39 is 17.7 Å². The molecule has 1 aromatic carbocycles. The molecule has 0 unspecified atom stereocenters. The van der Waals surface area contributed by atoms with E-state index in [1.807, 2.05) is 0 Å². The fourth-order valence-corrected chi connectivity index (χ4v) is 2.46. The predicted molar refractivity (Wildman–Crippen MR) is 81.6 cm³/mol. The highest BCUT2D eigenvalue weighted by molar-refractivity contribution is 5.81. The Labute approximate surface area is 138 Å². The minimum absolute atomic E-state index is 0.0746. The Kier molecular flexibility index (Phi) is 5.94.